The van der Waals surface area contributed by atoms with E-state index in [-0.39, 0.29) is 0 Å². The number of anilines is 4. The topological polar surface area (TPSA) is 91.5 Å². The molecule has 7 nitrogen and oxygen atoms in total. The van der Waals surface area contributed by atoms with Crippen LogP contribution in [-0.4, -0.2) is 0 Å². The third kappa shape index (κ3) is 7.74. The predicted molar refractivity (Wildman–Crippen MR) is 156 cm³/mol. The van der Waals surface area contributed by atoms with E-state index >= 15 is 0 Å². The molecule has 4 aromatic carbocycles. The number of aryl methyl sites for hydroxylation is 4. The van der Waals surface area contributed by atoms with Gasteiger partial charge in [-0.25, -0.2) is 13.4 Å². The number of nitrogens with one attached hydrogen (secondary N) is 4. The lowest BCUT2D eigenvalue weighted by molar-refractivity contribution is 0.471. The highest BCUT2D eigenvalue weighted by Gasteiger charge is 2.37. The Kier molecular flexibility index (Phi) is 8.09. The Hall–Kier alpha value is -3.50. The molecule has 0 saturated carbocycles. The van der Waals surface area contributed by atoms with Gasteiger partial charge in [0.05, 0.1) is 0 Å². The van der Waals surface area contributed by atoms with E-state index in [0.29, 0.717) is 22.7 Å². The summed E-state index contributed by atoms with van der Waals surface area (Å²) in [6.07, 6.45) is 0. The van der Waals surface area contributed by atoms with Crippen LogP contribution in [0.15, 0.2) is 97.1 Å². The summed E-state index contributed by atoms with van der Waals surface area (Å²) in [5.74, 6) is 0. The highest BCUT2D eigenvalue weighted by atomic mass is 31.3. The van der Waals surface area contributed by atoms with Crippen LogP contribution in [0.25, 0.3) is 0 Å². The van der Waals surface area contributed by atoms with Crippen molar-refractivity contribution in [2.45, 2.75) is 27.7 Å². The zero-order valence-electron chi connectivity index (χ0n) is 21.4. The molecule has 0 unspecified atom stereocenters. The molecule has 0 amide bonds. The van der Waals surface area contributed by atoms with Crippen molar-refractivity contribution in [2.75, 3.05) is 20.3 Å². The van der Waals surface area contributed by atoms with Crippen molar-refractivity contribution < 1.29 is 13.4 Å². The molecule has 0 aliphatic rings. The van der Waals surface area contributed by atoms with E-state index in [1.807, 2.05) is 76.2 Å². The molecule has 0 bridgehead atoms. The van der Waals surface area contributed by atoms with E-state index < -0.39 is 15.3 Å². The van der Waals surface area contributed by atoms with Gasteiger partial charge >= 0.3 is 15.3 Å². The molecule has 0 fully saturated rings. The number of hydrogen-bond donors (Lipinski definition) is 4. The average Bonchev–Trinajstić information content (AvgIpc) is 2.85. The molecule has 4 N–H and O–H groups in total. The van der Waals surface area contributed by atoms with Gasteiger partial charge in [0, 0.05) is 22.7 Å². The largest absolute Gasteiger partial charge is 0.399 e. The van der Waals surface area contributed by atoms with Gasteiger partial charge in [0.25, 0.3) is 0 Å². The quantitative estimate of drug-likeness (QED) is 0.151. The van der Waals surface area contributed by atoms with E-state index in [2.05, 4.69) is 20.3 Å². The van der Waals surface area contributed by atoms with Crippen LogP contribution < -0.4 is 20.3 Å². The molecule has 37 heavy (non-hydrogen) atoms. The van der Waals surface area contributed by atoms with Gasteiger partial charge in [0.1, 0.15) is 0 Å². The summed E-state index contributed by atoms with van der Waals surface area (Å²) >= 11 is 0. The van der Waals surface area contributed by atoms with Crippen molar-refractivity contribution in [3.05, 3.63) is 119 Å². The molecule has 0 atom stereocenters. The van der Waals surface area contributed by atoms with Gasteiger partial charge in [-0.05, 0) is 76.2 Å². The molecule has 0 spiro atoms. The maximum absolute atomic E-state index is 14.3. The molecular formula is C28H32N4O3P2. The maximum Gasteiger partial charge on any atom is 0.399 e. The van der Waals surface area contributed by atoms with Crippen LogP contribution in [0.1, 0.15) is 22.3 Å². The summed E-state index contributed by atoms with van der Waals surface area (Å²) < 4.78 is 34.7. The fourth-order valence-electron chi connectivity index (χ4n) is 3.49. The van der Waals surface area contributed by atoms with E-state index in [9.17, 15) is 9.13 Å². The van der Waals surface area contributed by atoms with Crippen LogP contribution in [0.5, 0.6) is 0 Å². The van der Waals surface area contributed by atoms with Crippen molar-refractivity contribution >= 4 is 38.1 Å². The van der Waals surface area contributed by atoms with Gasteiger partial charge in [0.15, 0.2) is 0 Å². The first-order valence-electron chi connectivity index (χ1n) is 11.9. The lowest BCUT2D eigenvalue weighted by atomic mass is 10.2. The van der Waals surface area contributed by atoms with Gasteiger partial charge in [0.2, 0.25) is 0 Å². The summed E-state index contributed by atoms with van der Waals surface area (Å²) in [6.45, 7) is 7.87. The standard InChI is InChI=1S/C28H32N4O3P2/c1-21-5-13-25(14-6-21)29-36(33,30-26-15-7-22(2)8-16-26)35-37(34,31-27-17-9-23(3)10-18-27)32-28-19-11-24(4)12-20-28/h5-20H,1-4H3,(H2,29,30,33)(H2,31,32,34). The Morgan fingerprint density at radius 2 is 0.595 bits per heavy atom. The molecule has 192 valence electrons. The van der Waals surface area contributed by atoms with Crippen molar-refractivity contribution in [2.24, 2.45) is 0 Å². The monoisotopic (exact) mass is 534 g/mol. The van der Waals surface area contributed by atoms with Crippen LogP contribution in [0, 0.1) is 27.7 Å². The Bertz CT molecular complexity index is 1210. The SMILES string of the molecule is Cc1ccc(NP(=O)(Nc2ccc(C)cc2)OP(=O)(Nc2ccc(C)cc2)Nc2ccc(C)cc2)cc1. The normalized spacial score (nSPS) is 11.6. The van der Waals surface area contributed by atoms with Gasteiger partial charge in [-0.2, -0.15) is 0 Å². The highest BCUT2D eigenvalue weighted by Crippen LogP contribution is 2.62. The molecule has 9 heteroatoms. The molecule has 4 rings (SSSR count). The van der Waals surface area contributed by atoms with Crippen LogP contribution in [0.2, 0.25) is 0 Å². The zero-order valence-corrected chi connectivity index (χ0v) is 23.1. The molecule has 4 aromatic rings. The Balaban J connectivity index is 1.71. The first-order chi connectivity index (χ1) is 17.6. The van der Waals surface area contributed by atoms with Gasteiger partial charge in [-0.1, -0.05) is 70.8 Å². The minimum absolute atomic E-state index is 0.561. The number of rotatable bonds is 10. The third-order valence-corrected chi connectivity index (χ3v) is 9.59. The summed E-state index contributed by atoms with van der Waals surface area (Å²) in [5, 5.41) is 11.8. The number of hydrogen-bond acceptors (Lipinski definition) is 3. The van der Waals surface area contributed by atoms with E-state index in [0.717, 1.165) is 22.3 Å². The first-order valence-corrected chi connectivity index (χ1v) is 15.2. The summed E-state index contributed by atoms with van der Waals surface area (Å²) in [4.78, 5) is 0. The minimum Gasteiger partial charge on any atom is -0.298 e. The summed E-state index contributed by atoms with van der Waals surface area (Å²) in [5.41, 5.74) is 6.47. The maximum atomic E-state index is 14.3. The van der Waals surface area contributed by atoms with Crippen molar-refractivity contribution in [1.82, 2.24) is 0 Å². The smallest absolute Gasteiger partial charge is 0.298 e. The van der Waals surface area contributed by atoms with Crippen molar-refractivity contribution in [3.63, 3.8) is 0 Å². The van der Waals surface area contributed by atoms with E-state index in [1.165, 1.54) is 0 Å². The molecule has 0 aromatic heterocycles. The number of benzene rings is 4. The second-order valence-electron chi connectivity index (χ2n) is 9.10. The molecule has 0 saturated heterocycles. The van der Waals surface area contributed by atoms with Crippen molar-refractivity contribution in [3.8, 4) is 0 Å². The van der Waals surface area contributed by atoms with E-state index in [4.69, 9.17) is 4.31 Å². The van der Waals surface area contributed by atoms with Crippen LogP contribution in [-0.2, 0) is 13.4 Å². The third-order valence-electron chi connectivity index (χ3n) is 5.54. The fourth-order valence-corrected chi connectivity index (χ4v) is 7.51. The lowest BCUT2D eigenvalue weighted by Crippen LogP contribution is -2.15. The van der Waals surface area contributed by atoms with Gasteiger partial charge in [-0.3, -0.25) is 20.3 Å². The first kappa shape index (κ1) is 26.6. The van der Waals surface area contributed by atoms with Crippen molar-refractivity contribution in [1.29, 1.82) is 0 Å². The predicted octanol–water partition coefficient (Wildman–Crippen LogP) is 8.90. The zero-order chi connectivity index (χ0) is 26.5. The van der Waals surface area contributed by atoms with Crippen LogP contribution in [0.4, 0.5) is 22.7 Å². The second kappa shape index (κ2) is 11.3. The second-order valence-corrected chi connectivity index (χ2v) is 12.8. The van der Waals surface area contributed by atoms with E-state index in [1.54, 1.807) is 48.5 Å². The average molecular weight is 535 g/mol. The van der Waals surface area contributed by atoms with Crippen LogP contribution >= 0.6 is 15.3 Å². The molecule has 0 radical (unpaired) electrons. The summed E-state index contributed by atoms with van der Waals surface area (Å²) in [7, 11) is -7.99. The fraction of sp³-hybridized carbons (Fsp3) is 0.143. The van der Waals surface area contributed by atoms with Crippen LogP contribution in [0.3, 0.4) is 0 Å². The lowest BCUT2D eigenvalue weighted by Gasteiger charge is -2.28. The Morgan fingerprint density at radius 3 is 0.784 bits per heavy atom. The Morgan fingerprint density at radius 1 is 0.405 bits per heavy atom. The Labute approximate surface area is 218 Å². The molecule has 0 aliphatic carbocycles. The highest BCUT2D eigenvalue weighted by molar-refractivity contribution is 7.75. The van der Waals surface area contributed by atoms with Gasteiger partial charge < -0.3 is 0 Å². The summed E-state index contributed by atoms with van der Waals surface area (Å²) in [6, 6.07) is 29.6. The van der Waals surface area contributed by atoms with Gasteiger partial charge in [-0.15, -0.1) is 0 Å². The molecule has 0 heterocycles. The molecule has 0 aliphatic heterocycles. The minimum atomic E-state index is -4.00. The molecular weight excluding hydrogens is 502 g/mol.